The van der Waals surface area contributed by atoms with Crippen LogP contribution in [0, 0.1) is 11.2 Å². The molecule has 0 aliphatic carbocycles. The maximum Gasteiger partial charge on any atom is 0.131 e. The Morgan fingerprint density at radius 1 is 1.11 bits per heavy atom. The molecular weight excluding hydrogens is 247 g/mol. The van der Waals surface area contributed by atoms with E-state index in [9.17, 15) is 4.39 Å². The van der Waals surface area contributed by atoms with Gasteiger partial charge in [-0.15, -0.1) is 11.6 Å². The average molecular weight is 265 g/mol. The van der Waals surface area contributed by atoms with Crippen LogP contribution in [0.4, 0.5) is 4.39 Å². The van der Waals surface area contributed by atoms with Gasteiger partial charge in [-0.3, -0.25) is 0 Å². The van der Waals surface area contributed by atoms with Gasteiger partial charge in [0.1, 0.15) is 5.82 Å². The number of alkyl halides is 1. The summed E-state index contributed by atoms with van der Waals surface area (Å²) in [5.74, 6) is -0.187. The molecule has 18 heavy (non-hydrogen) atoms. The van der Waals surface area contributed by atoms with Gasteiger partial charge in [0.25, 0.3) is 0 Å². The van der Waals surface area contributed by atoms with E-state index in [0.717, 1.165) is 17.4 Å². The lowest BCUT2D eigenvalue weighted by molar-refractivity contribution is 0.337. The first kappa shape index (κ1) is 13.4. The summed E-state index contributed by atoms with van der Waals surface area (Å²) in [6.45, 7) is 6.41. The molecule has 0 amide bonds. The molecule has 2 heteroatoms. The van der Waals surface area contributed by atoms with E-state index in [1.54, 1.807) is 6.07 Å². The number of hydrogen-bond acceptors (Lipinski definition) is 0. The second-order valence-electron chi connectivity index (χ2n) is 5.39. The number of benzene rings is 2. The fourth-order valence-corrected chi connectivity index (χ4v) is 2.45. The van der Waals surface area contributed by atoms with Gasteiger partial charge in [0, 0.05) is 5.39 Å². The Morgan fingerprint density at radius 3 is 2.33 bits per heavy atom. The van der Waals surface area contributed by atoms with Crippen LogP contribution >= 0.6 is 11.6 Å². The van der Waals surface area contributed by atoms with Crippen LogP contribution in [0.2, 0.25) is 0 Å². The zero-order chi connectivity index (χ0) is 13.3. The molecule has 0 saturated carbocycles. The largest absolute Gasteiger partial charge is 0.206 e. The number of hydrogen-bond donors (Lipinski definition) is 0. The molecule has 0 N–H and O–H groups in total. The van der Waals surface area contributed by atoms with E-state index in [2.05, 4.69) is 20.8 Å². The number of fused-ring (bicyclic) bond motifs is 1. The lowest BCUT2D eigenvalue weighted by atomic mass is 9.81. The second kappa shape index (κ2) is 4.89. The van der Waals surface area contributed by atoms with Gasteiger partial charge in [-0.2, -0.15) is 0 Å². The second-order valence-corrected chi connectivity index (χ2v) is 5.82. The van der Waals surface area contributed by atoms with E-state index in [0.29, 0.717) is 5.39 Å². The Bertz CT molecular complexity index is 560. The summed E-state index contributed by atoms with van der Waals surface area (Å²) in [7, 11) is 0. The molecule has 0 spiro atoms. The van der Waals surface area contributed by atoms with Gasteiger partial charge in [-0.1, -0.05) is 51.1 Å². The molecule has 1 atom stereocenters. The van der Waals surface area contributed by atoms with Crippen LogP contribution in [0.1, 0.15) is 38.1 Å². The highest BCUT2D eigenvalue weighted by Gasteiger charge is 2.28. The molecular formula is C16H18ClF. The molecule has 0 bridgehead atoms. The SMILES string of the molecule is CCC(C)(C)C(Cl)c1ccc(F)c2ccccc12. The molecule has 96 valence electrons. The smallest absolute Gasteiger partial charge is 0.131 e. The molecule has 2 aromatic rings. The molecule has 0 saturated heterocycles. The van der Waals surface area contributed by atoms with Crippen LogP contribution < -0.4 is 0 Å². The fourth-order valence-electron chi connectivity index (χ4n) is 2.11. The fraction of sp³-hybridized carbons (Fsp3) is 0.375. The summed E-state index contributed by atoms with van der Waals surface area (Å²) in [4.78, 5) is 0. The molecule has 0 fully saturated rings. The Hall–Kier alpha value is -1.08. The minimum absolute atomic E-state index is 0.0117. The van der Waals surface area contributed by atoms with Gasteiger partial charge in [0.2, 0.25) is 0 Å². The van der Waals surface area contributed by atoms with Gasteiger partial charge < -0.3 is 0 Å². The van der Waals surface area contributed by atoms with E-state index in [4.69, 9.17) is 11.6 Å². The highest BCUT2D eigenvalue weighted by Crippen LogP contribution is 2.43. The highest BCUT2D eigenvalue weighted by atomic mass is 35.5. The normalized spacial score (nSPS) is 13.8. The Morgan fingerprint density at radius 2 is 1.72 bits per heavy atom. The Balaban J connectivity index is 2.62. The third-order valence-electron chi connectivity index (χ3n) is 3.77. The van der Waals surface area contributed by atoms with Gasteiger partial charge >= 0.3 is 0 Å². The third-order valence-corrected chi connectivity index (χ3v) is 4.60. The zero-order valence-electron chi connectivity index (χ0n) is 11.0. The van der Waals surface area contributed by atoms with Crippen LogP contribution in [-0.2, 0) is 0 Å². The van der Waals surface area contributed by atoms with Crippen LogP contribution in [0.5, 0.6) is 0 Å². The maximum absolute atomic E-state index is 13.8. The van der Waals surface area contributed by atoms with Crippen molar-refractivity contribution in [2.75, 3.05) is 0 Å². The van der Waals surface area contributed by atoms with E-state index in [1.807, 2.05) is 24.3 Å². The van der Waals surface area contributed by atoms with Gasteiger partial charge in [0.05, 0.1) is 5.38 Å². The molecule has 0 heterocycles. The molecule has 2 aromatic carbocycles. The summed E-state index contributed by atoms with van der Waals surface area (Å²) in [5, 5.41) is 1.44. The first-order chi connectivity index (χ1) is 8.47. The van der Waals surface area contributed by atoms with Crippen LogP contribution in [0.25, 0.3) is 10.8 Å². The summed E-state index contributed by atoms with van der Waals surface area (Å²) < 4.78 is 13.8. The van der Waals surface area contributed by atoms with Crippen molar-refractivity contribution in [3.05, 3.63) is 47.8 Å². The van der Waals surface area contributed by atoms with Crippen molar-refractivity contribution >= 4 is 22.4 Å². The molecule has 0 nitrogen and oxygen atoms in total. The standard InChI is InChI=1S/C16H18ClF/c1-4-16(2,3)15(17)13-9-10-14(18)12-8-6-5-7-11(12)13/h5-10,15H,4H2,1-3H3. The Kier molecular flexibility index (Phi) is 3.63. The van der Waals surface area contributed by atoms with Crippen LogP contribution in [0.3, 0.4) is 0 Å². The van der Waals surface area contributed by atoms with Crippen molar-refractivity contribution in [2.24, 2.45) is 5.41 Å². The average Bonchev–Trinajstić information content (AvgIpc) is 2.39. The third kappa shape index (κ3) is 2.24. The minimum atomic E-state index is -0.187. The number of rotatable bonds is 3. The van der Waals surface area contributed by atoms with Gasteiger partial charge in [-0.05, 0) is 28.9 Å². The number of halogens is 2. The van der Waals surface area contributed by atoms with E-state index < -0.39 is 0 Å². The topological polar surface area (TPSA) is 0 Å². The van der Waals surface area contributed by atoms with Crippen molar-refractivity contribution < 1.29 is 4.39 Å². The Labute approximate surface area is 113 Å². The zero-order valence-corrected chi connectivity index (χ0v) is 11.8. The van der Waals surface area contributed by atoms with E-state index in [-0.39, 0.29) is 16.6 Å². The monoisotopic (exact) mass is 264 g/mol. The lowest BCUT2D eigenvalue weighted by Crippen LogP contribution is -2.17. The molecule has 0 radical (unpaired) electrons. The first-order valence-electron chi connectivity index (χ1n) is 6.28. The molecule has 0 aliphatic rings. The minimum Gasteiger partial charge on any atom is -0.206 e. The maximum atomic E-state index is 13.8. The first-order valence-corrected chi connectivity index (χ1v) is 6.72. The molecule has 0 aliphatic heterocycles. The van der Waals surface area contributed by atoms with Crippen molar-refractivity contribution in [1.29, 1.82) is 0 Å². The van der Waals surface area contributed by atoms with Crippen molar-refractivity contribution in [2.45, 2.75) is 32.6 Å². The summed E-state index contributed by atoms with van der Waals surface area (Å²) in [6.07, 6.45) is 0.979. The van der Waals surface area contributed by atoms with Crippen molar-refractivity contribution in [3.63, 3.8) is 0 Å². The van der Waals surface area contributed by atoms with E-state index in [1.165, 1.54) is 6.07 Å². The van der Waals surface area contributed by atoms with Crippen molar-refractivity contribution in [3.8, 4) is 0 Å². The van der Waals surface area contributed by atoms with Gasteiger partial charge in [-0.25, -0.2) is 4.39 Å². The predicted molar refractivity (Wildman–Crippen MR) is 76.6 cm³/mol. The quantitative estimate of drug-likeness (QED) is 0.624. The highest BCUT2D eigenvalue weighted by molar-refractivity contribution is 6.22. The summed E-state index contributed by atoms with van der Waals surface area (Å²) in [5.41, 5.74) is 1.00. The van der Waals surface area contributed by atoms with Crippen LogP contribution in [-0.4, -0.2) is 0 Å². The molecule has 1 unspecified atom stereocenters. The molecule has 0 aromatic heterocycles. The predicted octanol–water partition coefficient (Wildman–Crippen LogP) is 5.70. The van der Waals surface area contributed by atoms with E-state index >= 15 is 0 Å². The lowest BCUT2D eigenvalue weighted by Gasteiger charge is -2.29. The summed E-state index contributed by atoms with van der Waals surface area (Å²) >= 11 is 6.61. The van der Waals surface area contributed by atoms with Gasteiger partial charge in [0.15, 0.2) is 0 Å². The summed E-state index contributed by atoms with van der Waals surface area (Å²) in [6, 6.07) is 10.8. The van der Waals surface area contributed by atoms with Crippen molar-refractivity contribution in [1.82, 2.24) is 0 Å². The van der Waals surface area contributed by atoms with Crippen LogP contribution in [0.15, 0.2) is 36.4 Å². The molecule has 2 rings (SSSR count).